The van der Waals surface area contributed by atoms with E-state index in [2.05, 4.69) is 5.90 Å². The molecule has 0 saturated carbocycles. The summed E-state index contributed by atoms with van der Waals surface area (Å²) in [5, 5.41) is 6.50. The molecule has 0 aromatic heterocycles. The first-order chi connectivity index (χ1) is 1.00. The third kappa shape index (κ3) is 113. The van der Waals surface area contributed by atoms with Gasteiger partial charge >= 0.3 is 0 Å². The zero-order valence-corrected chi connectivity index (χ0v) is 7.15. The summed E-state index contributed by atoms with van der Waals surface area (Å²) in [6, 6.07) is 0. The Morgan fingerprint density at radius 2 is 0.571 bits per heavy atom. The Labute approximate surface area is 73.2 Å². The fraction of sp³-hybridized carbons (Fsp3) is 0. The predicted molar refractivity (Wildman–Crippen MR) is 42.2 cm³/mol. The highest BCUT2D eigenvalue weighted by atomic mass is 35.5. The van der Waals surface area contributed by atoms with E-state index in [9.17, 15) is 0 Å². The van der Waals surface area contributed by atoms with Gasteiger partial charge in [-0.05, 0) is 0 Å². The Hall–Kier alpha value is 1.37. The summed E-state index contributed by atoms with van der Waals surface area (Å²) in [7, 11) is 0. The second kappa shape index (κ2) is 159. The Morgan fingerprint density at radius 3 is 0.571 bits per heavy atom. The van der Waals surface area contributed by atoms with Gasteiger partial charge in [-0.1, -0.05) is 0 Å². The topological polar surface area (TPSA) is 46.2 Å². The zero-order chi connectivity index (χ0) is 2.00. The third-order valence-corrected chi connectivity index (χ3v) is 0. The lowest BCUT2D eigenvalue weighted by Crippen LogP contribution is -1.72. The molecule has 7 heavy (non-hydrogen) atoms. The van der Waals surface area contributed by atoms with Gasteiger partial charge in [0.15, 0.2) is 0 Å². The molecule has 0 aliphatic rings. The molecule has 0 radical (unpaired) electrons. The molecule has 3 N–H and O–H groups in total. The van der Waals surface area contributed by atoms with Gasteiger partial charge in [0, 0.05) is 0 Å². The maximum Gasteiger partial charge on any atom is -0.147 e. The third-order valence-electron chi connectivity index (χ3n) is 0. The summed E-state index contributed by atoms with van der Waals surface area (Å²) in [5.41, 5.74) is 0. The lowest BCUT2D eigenvalue weighted by atomic mass is 13.6. The molecular formula is H8Cl5NO. The molecule has 0 aromatic carbocycles. The van der Waals surface area contributed by atoms with E-state index in [0.717, 1.165) is 0 Å². The summed E-state index contributed by atoms with van der Waals surface area (Å²) in [5.74, 6) is 3.50. The van der Waals surface area contributed by atoms with Crippen molar-refractivity contribution in [2.75, 3.05) is 0 Å². The van der Waals surface area contributed by atoms with E-state index in [1.807, 2.05) is 0 Å². The number of hydrogen-bond donors (Lipinski definition) is 2. The van der Waals surface area contributed by atoms with Crippen LogP contribution in [0.15, 0.2) is 0 Å². The van der Waals surface area contributed by atoms with Crippen molar-refractivity contribution in [3.63, 3.8) is 0 Å². The minimum absolute atomic E-state index is 0. The van der Waals surface area contributed by atoms with Crippen molar-refractivity contribution >= 4 is 62.0 Å². The van der Waals surface area contributed by atoms with E-state index < -0.39 is 0 Å². The maximum absolute atomic E-state index is 6.50. The molecule has 0 fully saturated rings. The van der Waals surface area contributed by atoms with Crippen LogP contribution >= 0.6 is 62.0 Å². The van der Waals surface area contributed by atoms with Crippen LogP contribution in [0.2, 0.25) is 0 Å². The molecule has 0 aliphatic heterocycles. The van der Waals surface area contributed by atoms with Crippen LogP contribution in [0.4, 0.5) is 0 Å². The van der Waals surface area contributed by atoms with Crippen LogP contribution in [-0.4, -0.2) is 5.21 Å². The van der Waals surface area contributed by atoms with E-state index in [4.69, 9.17) is 5.21 Å². The van der Waals surface area contributed by atoms with E-state index in [1.165, 1.54) is 0 Å². The molecule has 0 aliphatic carbocycles. The molecule has 0 unspecified atom stereocenters. The van der Waals surface area contributed by atoms with Crippen LogP contribution in [0.1, 0.15) is 0 Å². The number of rotatable bonds is 0. The Bertz CT molecular complexity index is 8.04. The van der Waals surface area contributed by atoms with E-state index in [-0.39, 0.29) is 62.0 Å². The fourth-order valence-corrected chi connectivity index (χ4v) is 0. The largest absolute Gasteiger partial charge is 0.320 e. The lowest BCUT2D eigenvalue weighted by molar-refractivity contribution is 0.311. The van der Waals surface area contributed by atoms with Gasteiger partial charge in [-0.3, -0.25) is 0 Å². The van der Waals surface area contributed by atoms with Crippen molar-refractivity contribution in [1.29, 1.82) is 0 Å². The van der Waals surface area contributed by atoms with E-state index in [0.29, 0.717) is 0 Å². The smallest absolute Gasteiger partial charge is 0.147 e. The Balaban J connectivity index is -0.000000000500. The molecule has 0 amide bonds. The predicted octanol–water partition coefficient (Wildman–Crippen LogP) is 1.44. The monoisotopic (exact) mass is 213 g/mol. The van der Waals surface area contributed by atoms with Crippen LogP contribution in [0.3, 0.4) is 0 Å². The Morgan fingerprint density at radius 1 is 0.571 bits per heavy atom. The standard InChI is InChI=1S/5ClH.H3NO/c;;;;;1-2/h5*1H;2H,1H2. The van der Waals surface area contributed by atoms with Gasteiger partial charge in [-0.25, -0.2) is 5.90 Å². The van der Waals surface area contributed by atoms with Crippen molar-refractivity contribution in [1.82, 2.24) is 0 Å². The molecule has 7 heteroatoms. The van der Waals surface area contributed by atoms with Gasteiger partial charge < -0.3 is 5.21 Å². The van der Waals surface area contributed by atoms with Crippen molar-refractivity contribution in [2.24, 2.45) is 5.90 Å². The molecule has 2 nitrogen and oxygen atoms in total. The number of nitrogens with two attached hydrogens (primary N) is 1. The average Bonchev–Trinajstić information content (AvgIpc) is 1.00. The SMILES string of the molecule is Cl.Cl.Cl.Cl.Cl.NO. The first kappa shape index (κ1) is 80.9. The summed E-state index contributed by atoms with van der Waals surface area (Å²) >= 11 is 0. The van der Waals surface area contributed by atoms with Gasteiger partial charge in [0.25, 0.3) is 0 Å². The molecule has 0 aromatic rings. The van der Waals surface area contributed by atoms with Crippen LogP contribution in [-0.2, 0) is 0 Å². The first-order valence-electron chi connectivity index (χ1n) is 0.258. The van der Waals surface area contributed by atoms with Crippen molar-refractivity contribution in [3.8, 4) is 0 Å². The Kier molecular flexibility index (Phi) is 1840. The van der Waals surface area contributed by atoms with Crippen molar-refractivity contribution < 1.29 is 5.21 Å². The summed E-state index contributed by atoms with van der Waals surface area (Å²) in [6.07, 6.45) is 0. The number of hydrogen-bond acceptors (Lipinski definition) is 2. The van der Waals surface area contributed by atoms with Crippen molar-refractivity contribution in [3.05, 3.63) is 0 Å². The van der Waals surface area contributed by atoms with Gasteiger partial charge in [0.2, 0.25) is 0 Å². The lowest BCUT2D eigenvalue weighted by Gasteiger charge is -1.27. The minimum atomic E-state index is 0. The minimum Gasteiger partial charge on any atom is -0.320 e. The second-order valence-corrected chi connectivity index (χ2v) is 0. The van der Waals surface area contributed by atoms with Crippen molar-refractivity contribution in [2.45, 2.75) is 0 Å². The van der Waals surface area contributed by atoms with Crippen LogP contribution in [0.25, 0.3) is 0 Å². The molecule has 0 spiro atoms. The molecule has 0 bridgehead atoms. The molecule has 54 valence electrons. The maximum atomic E-state index is 6.50. The summed E-state index contributed by atoms with van der Waals surface area (Å²) in [6.45, 7) is 0. The van der Waals surface area contributed by atoms with Gasteiger partial charge in [-0.2, -0.15) is 0 Å². The normalized spacial score (nSPS) is 0.857. The molecular weight excluding hydrogens is 207 g/mol. The first-order valence-corrected chi connectivity index (χ1v) is 0.258. The van der Waals surface area contributed by atoms with E-state index >= 15 is 0 Å². The van der Waals surface area contributed by atoms with Gasteiger partial charge in [0.05, 0.1) is 0 Å². The average molecular weight is 215 g/mol. The fourth-order valence-electron chi connectivity index (χ4n) is 0. The highest BCUT2D eigenvalue weighted by molar-refractivity contribution is 5.86. The van der Waals surface area contributed by atoms with Crippen LogP contribution < -0.4 is 5.90 Å². The quantitative estimate of drug-likeness (QED) is 0.601. The van der Waals surface area contributed by atoms with Gasteiger partial charge in [0.1, 0.15) is 0 Å². The zero-order valence-electron chi connectivity index (χ0n) is 3.07. The summed E-state index contributed by atoms with van der Waals surface area (Å²) < 4.78 is 0. The second-order valence-electron chi connectivity index (χ2n) is 0. The number of halogens is 5. The summed E-state index contributed by atoms with van der Waals surface area (Å²) in [4.78, 5) is 0. The molecule has 0 heterocycles. The highest BCUT2D eigenvalue weighted by Crippen LogP contribution is 0.694. The molecule has 0 rings (SSSR count). The van der Waals surface area contributed by atoms with Gasteiger partial charge in [-0.15, -0.1) is 62.0 Å². The van der Waals surface area contributed by atoms with E-state index in [1.54, 1.807) is 0 Å². The highest BCUT2D eigenvalue weighted by Gasteiger charge is 0.732. The van der Waals surface area contributed by atoms with Crippen LogP contribution in [0.5, 0.6) is 0 Å². The molecule has 0 atom stereocenters. The van der Waals surface area contributed by atoms with Crippen LogP contribution in [0, 0.1) is 0 Å². The molecule has 0 saturated heterocycles.